The quantitative estimate of drug-likeness (QED) is 0.606. The molecule has 0 saturated carbocycles. The van der Waals surface area contributed by atoms with Gasteiger partial charge in [-0.05, 0) is 40.2 Å². The first-order valence-electron chi connectivity index (χ1n) is 4.54. The van der Waals surface area contributed by atoms with Crippen LogP contribution in [0.25, 0.3) is 0 Å². The van der Waals surface area contributed by atoms with Crippen LogP contribution < -0.4 is 10.6 Å². The standard InChI is InChI=1S/C9H18N2S/c1-9(2,3)11-8(12)7-5-4-6-10-7/h7,10H,4-6H2,1-3H3,(H,11,12)/t7-/m0/s1. The van der Waals surface area contributed by atoms with Crippen LogP contribution in [-0.4, -0.2) is 23.1 Å². The number of nitrogens with one attached hydrogen (secondary N) is 2. The maximum atomic E-state index is 5.29. The summed E-state index contributed by atoms with van der Waals surface area (Å²) in [5.41, 5.74) is 0.0986. The fourth-order valence-corrected chi connectivity index (χ4v) is 1.87. The van der Waals surface area contributed by atoms with Gasteiger partial charge in [-0.15, -0.1) is 0 Å². The molecule has 70 valence electrons. The Kier molecular flexibility index (Phi) is 3.07. The minimum absolute atomic E-state index is 0.0986. The molecule has 1 atom stereocenters. The number of rotatable bonds is 1. The van der Waals surface area contributed by atoms with Crippen molar-refractivity contribution in [1.82, 2.24) is 10.6 Å². The van der Waals surface area contributed by atoms with Crippen molar-refractivity contribution < 1.29 is 0 Å². The molecule has 0 bridgehead atoms. The Balaban J connectivity index is 2.37. The average Bonchev–Trinajstić information content (AvgIpc) is 2.32. The Labute approximate surface area is 80.1 Å². The van der Waals surface area contributed by atoms with Crippen molar-refractivity contribution in [3.63, 3.8) is 0 Å². The molecule has 1 aliphatic heterocycles. The van der Waals surface area contributed by atoms with Gasteiger partial charge in [0, 0.05) is 5.54 Å². The van der Waals surface area contributed by atoms with E-state index in [4.69, 9.17) is 12.2 Å². The second-order valence-corrected chi connectivity index (χ2v) is 4.83. The highest BCUT2D eigenvalue weighted by molar-refractivity contribution is 7.80. The van der Waals surface area contributed by atoms with Crippen molar-refractivity contribution in [3.8, 4) is 0 Å². The molecule has 1 heterocycles. The van der Waals surface area contributed by atoms with E-state index in [1.54, 1.807) is 0 Å². The zero-order valence-electron chi connectivity index (χ0n) is 8.11. The van der Waals surface area contributed by atoms with Crippen LogP contribution >= 0.6 is 12.2 Å². The number of hydrogen-bond acceptors (Lipinski definition) is 2. The van der Waals surface area contributed by atoms with E-state index in [0.717, 1.165) is 11.5 Å². The molecule has 1 rings (SSSR count). The molecular formula is C9H18N2S. The molecule has 0 aliphatic carbocycles. The lowest BCUT2D eigenvalue weighted by Crippen LogP contribution is -2.47. The third-order valence-corrected chi connectivity index (χ3v) is 2.26. The molecule has 1 fully saturated rings. The topological polar surface area (TPSA) is 24.1 Å². The van der Waals surface area contributed by atoms with E-state index >= 15 is 0 Å². The summed E-state index contributed by atoms with van der Waals surface area (Å²) in [7, 11) is 0. The van der Waals surface area contributed by atoms with Gasteiger partial charge >= 0.3 is 0 Å². The summed E-state index contributed by atoms with van der Waals surface area (Å²) >= 11 is 5.29. The summed E-state index contributed by atoms with van der Waals surface area (Å²) in [4.78, 5) is 0.972. The Hall–Kier alpha value is -0.150. The summed E-state index contributed by atoms with van der Waals surface area (Å²) in [6, 6.07) is 0.416. The summed E-state index contributed by atoms with van der Waals surface area (Å²) in [6.07, 6.45) is 2.43. The minimum Gasteiger partial charge on any atom is -0.374 e. The third kappa shape index (κ3) is 3.07. The van der Waals surface area contributed by atoms with Gasteiger partial charge in [-0.2, -0.15) is 0 Å². The van der Waals surface area contributed by atoms with Crippen molar-refractivity contribution in [2.75, 3.05) is 6.54 Å². The van der Waals surface area contributed by atoms with E-state index in [-0.39, 0.29) is 5.54 Å². The third-order valence-electron chi connectivity index (χ3n) is 1.88. The zero-order chi connectivity index (χ0) is 9.19. The molecule has 0 unspecified atom stereocenters. The fraction of sp³-hybridized carbons (Fsp3) is 0.889. The fourth-order valence-electron chi connectivity index (χ4n) is 1.37. The molecule has 3 heteroatoms. The maximum absolute atomic E-state index is 5.29. The van der Waals surface area contributed by atoms with Crippen LogP contribution in [0.15, 0.2) is 0 Å². The molecule has 0 amide bonds. The average molecular weight is 186 g/mol. The second kappa shape index (κ2) is 3.71. The van der Waals surface area contributed by atoms with Gasteiger partial charge in [0.05, 0.1) is 11.0 Å². The molecule has 0 radical (unpaired) electrons. The van der Waals surface area contributed by atoms with Crippen molar-refractivity contribution in [2.45, 2.75) is 45.2 Å². The van der Waals surface area contributed by atoms with Crippen molar-refractivity contribution >= 4 is 17.2 Å². The van der Waals surface area contributed by atoms with Crippen LogP contribution in [0.3, 0.4) is 0 Å². The first kappa shape index (κ1) is 9.93. The molecule has 2 nitrogen and oxygen atoms in total. The lowest BCUT2D eigenvalue weighted by Gasteiger charge is -2.25. The van der Waals surface area contributed by atoms with E-state index in [9.17, 15) is 0 Å². The molecular weight excluding hydrogens is 168 g/mol. The summed E-state index contributed by atoms with van der Waals surface area (Å²) in [5, 5.41) is 6.71. The van der Waals surface area contributed by atoms with Crippen molar-refractivity contribution in [2.24, 2.45) is 0 Å². The van der Waals surface area contributed by atoms with Crippen molar-refractivity contribution in [1.29, 1.82) is 0 Å². The predicted molar refractivity (Wildman–Crippen MR) is 56.5 cm³/mol. The van der Waals surface area contributed by atoms with Gasteiger partial charge in [0.1, 0.15) is 0 Å². The van der Waals surface area contributed by atoms with Crippen LogP contribution in [0.5, 0.6) is 0 Å². The van der Waals surface area contributed by atoms with E-state index < -0.39 is 0 Å². The lowest BCUT2D eigenvalue weighted by atomic mass is 10.1. The number of thiocarbonyl (C=S) groups is 1. The zero-order valence-corrected chi connectivity index (χ0v) is 8.92. The first-order valence-corrected chi connectivity index (χ1v) is 4.95. The van der Waals surface area contributed by atoms with Gasteiger partial charge in [0.25, 0.3) is 0 Å². The van der Waals surface area contributed by atoms with E-state index in [1.807, 2.05) is 0 Å². The van der Waals surface area contributed by atoms with Gasteiger partial charge in [-0.3, -0.25) is 0 Å². The predicted octanol–water partition coefficient (Wildman–Crippen LogP) is 1.45. The van der Waals surface area contributed by atoms with Gasteiger partial charge in [-0.25, -0.2) is 0 Å². The molecule has 0 spiro atoms. The normalized spacial score (nSPS) is 24.1. The molecule has 12 heavy (non-hydrogen) atoms. The van der Waals surface area contributed by atoms with Crippen LogP contribution in [-0.2, 0) is 0 Å². The Morgan fingerprint density at radius 3 is 2.58 bits per heavy atom. The first-order chi connectivity index (χ1) is 5.49. The molecule has 2 N–H and O–H groups in total. The van der Waals surface area contributed by atoms with E-state index in [0.29, 0.717) is 6.04 Å². The number of hydrogen-bond donors (Lipinski definition) is 2. The minimum atomic E-state index is 0.0986. The lowest BCUT2D eigenvalue weighted by molar-refractivity contribution is 0.503. The van der Waals surface area contributed by atoms with Gasteiger partial charge < -0.3 is 10.6 Å². The van der Waals surface area contributed by atoms with Crippen LogP contribution in [0.1, 0.15) is 33.6 Å². The molecule has 1 aliphatic rings. The largest absolute Gasteiger partial charge is 0.374 e. The van der Waals surface area contributed by atoms with Gasteiger partial charge in [0.15, 0.2) is 0 Å². The highest BCUT2D eigenvalue weighted by atomic mass is 32.1. The molecule has 1 saturated heterocycles. The Morgan fingerprint density at radius 2 is 2.17 bits per heavy atom. The van der Waals surface area contributed by atoms with Gasteiger partial charge in [0.2, 0.25) is 0 Å². The SMILES string of the molecule is CC(C)(C)NC(=S)[C@@H]1CCCN1. The van der Waals surface area contributed by atoms with Crippen LogP contribution in [0, 0.1) is 0 Å². The van der Waals surface area contributed by atoms with Crippen molar-refractivity contribution in [3.05, 3.63) is 0 Å². The van der Waals surface area contributed by atoms with E-state index in [2.05, 4.69) is 31.4 Å². The Bertz CT molecular complexity index is 166. The second-order valence-electron chi connectivity index (χ2n) is 4.39. The van der Waals surface area contributed by atoms with E-state index in [1.165, 1.54) is 12.8 Å². The maximum Gasteiger partial charge on any atom is 0.0929 e. The monoisotopic (exact) mass is 186 g/mol. The molecule has 0 aromatic heterocycles. The van der Waals surface area contributed by atoms with Crippen LogP contribution in [0.4, 0.5) is 0 Å². The van der Waals surface area contributed by atoms with Gasteiger partial charge in [-0.1, -0.05) is 12.2 Å². The summed E-state index contributed by atoms with van der Waals surface area (Å²) < 4.78 is 0. The molecule has 0 aromatic rings. The molecule has 0 aromatic carbocycles. The smallest absolute Gasteiger partial charge is 0.0929 e. The van der Waals surface area contributed by atoms with Crippen LogP contribution in [0.2, 0.25) is 0 Å². The highest BCUT2D eigenvalue weighted by Crippen LogP contribution is 2.08. The summed E-state index contributed by atoms with van der Waals surface area (Å²) in [5.74, 6) is 0. The highest BCUT2D eigenvalue weighted by Gasteiger charge is 2.21. The Morgan fingerprint density at radius 1 is 1.50 bits per heavy atom. The summed E-state index contributed by atoms with van der Waals surface area (Å²) in [6.45, 7) is 7.51.